The molecule has 0 spiro atoms. The first kappa shape index (κ1) is 14.4. The molecule has 6 heteroatoms. The Morgan fingerprint density at radius 3 is 2.84 bits per heavy atom. The second-order valence-corrected chi connectivity index (χ2v) is 3.62. The van der Waals surface area contributed by atoms with Gasteiger partial charge in [0.2, 0.25) is 0 Å². The summed E-state index contributed by atoms with van der Waals surface area (Å²) in [6.45, 7) is -0.540. The number of hydrogen-bond donors (Lipinski definition) is 2. The third kappa shape index (κ3) is 4.60. The van der Waals surface area contributed by atoms with Gasteiger partial charge in [-0.1, -0.05) is 12.0 Å². The lowest BCUT2D eigenvalue weighted by atomic mass is 10.3. The van der Waals surface area contributed by atoms with Crippen molar-refractivity contribution in [3.8, 4) is 18.1 Å². The van der Waals surface area contributed by atoms with Gasteiger partial charge in [0.1, 0.15) is 12.3 Å². The minimum atomic E-state index is -1.13. The molecule has 0 unspecified atom stereocenters. The summed E-state index contributed by atoms with van der Waals surface area (Å²) >= 11 is 0. The molecule has 0 heterocycles. The van der Waals surface area contributed by atoms with E-state index in [1.807, 2.05) is 0 Å². The highest BCUT2D eigenvalue weighted by atomic mass is 16.5. The van der Waals surface area contributed by atoms with Crippen LogP contribution >= 0.6 is 0 Å². The van der Waals surface area contributed by atoms with E-state index in [-0.39, 0.29) is 6.54 Å². The number of hydrogen-bond acceptors (Lipinski definition) is 3. The number of terminal acetylenes is 1. The molecule has 19 heavy (non-hydrogen) atoms. The molecule has 0 aliphatic rings. The summed E-state index contributed by atoms with van der Waals surface area (Å²) in [5.74, 6) is 1.69. The number of carbonyl (C=O) groups is 2. The topological polar surface area (TPSA) is 78.9 Å². The number of nitrogens with one attached hydrogen (secondary N) is 1. The fourth-order valence-corrected chi connectivity index (χ4v) is 1.38. The summed E-state index contributed by atoms with van der Waals surface area (Å²) in [5, 5.41) is 11.3. The average molecular weight is 262 g/mol. The van der Waals surface area contributed by atoms with Crippen LogP contribution in [0.15, 0.2) is 24.3 Å². The SMILES string of the molecule is C#CCN(CC(=O)O)C(=O)Nc1cccc(OC)c1. The zero-order valence-electron chi connectivity index (χ0n) is 10.4. The molecule has 0 fully saturated rings. The van der Waals surface area contributed by atoms with Crippen molar-refractivity contribution in [2.24, 2.45) is 0 Å². The third-order valence-electron chi connectivity index (χ3n) is 2.22. The van der Waals surface area contributed by atoms with Gasteiger partial charge in [-0.05, 0) is 12.1 Å². The Balaban J connectivity index is 2.75. The van der Waals surface area contributed by atoms with E-state index in [4.69, 9.17) is 16.3 Å². The van der Waals surface area contributed by atoms with Crippen LogP contribution in [0.25, 0.3) is 0 Å². The smallest absolute Gasteiger partial charge is 0.323 e. The molecule has 100 valence electrons. The van der Waals surface area contributed by atoms with Crippen LogP contribution in [0.5, 0.6) is 5.75 Å². The van der Waals surface area contributed by atoms with Crippen molar-refractivity contribution >= 4 is 17.7 Å². The maximum Gasteiger partial charge on any atom is 0.323 e. The number of methoxy groups -OCH3 is 1. The summed E-state index contributed by atoms with van der Waals surface area (Å²) in [5.41, 5.74) is 0.497. The second-order valence-electron chi connectivity index (χ2n) is 3.62. The van der Waals surface area contributed by atoms with Crippen LogP contribution in [0.3, 0.4) is 0 Å². The molecular formula is C13H14N2O4. The minimum absolute atomic E-state index is 0.0812. The van der Waals surface area contributed by atoms with Crippen molar-refractivity contribution in [1.29, 1.82) is 0 Å². The Hall–Kier alpha value is -2.68. The van der Waals surface area contributed by atoms with Crippen LogP contribution in [-0.4, -0.2) is 42.2 Å². The fourth-order valence-electron chi connectivity index (χ4n) is 1.38. The van der Waals surface area contributed by atoms with Crippen molar-refractivity contribution < 1.29 is 19.4 Å². The molecule has 2 amide bonds. The van der Waals surface area contributed by atoms with Crippen molar-refractivity contribution in [2.75, 3.05) is 25.5 Å². The van der Waals surface area contributed by atoms with Gasteiger partial charge >= 0.3 is 12.0 Å². The number of amides is 2. The lowest BCUT2D eigenvalue weighted by molar-refractivity contribution is -0.137. The quantitative estimate of drug-likeness (QED) is 0.783. The van der Waals surface area contributed by atoms with Crippen LogP contribution in [-0.2, 0) is 4.79 Å². The second kappa shape index (κ2) is 6.91. The van der Waals surface area contributed by atoms with E-state index in [9.17, 15) is 9.59 Å². The van der Waals surface area contributed by atoms with Gasteiger partial charge in [-0.25, -0.2) is 4.79 Å². The number of rotatable bonds is 5. The number of carboxylic acid groups (broad SMARTS) is 1. The Morgan fingerprint density at radius 2 is 2.26 bits per heavy atom. The largest absolute Gasteiger partial charge is 0.497 e. The van der Waals surface area contributed by atoms with Gasteiger partial charge in [-0.15, -0.1) is 6.42 Å². The number of urea groups is 1. The molecule has 6 nitrogen and oxygen atoms in total. The van der Waals surface area contributed by atoms with Gasteiger partial charge in [0.05, 0.1) is 13.7 Å². The molecule has 2 N–H and O–H groups in total. The predicted molar refractivity (Wildman–Crippen MR) is 70.1 cm³/mol. The third-order valence-corrected chi connectivity index (χ3v) is 2.22. The monoisotopic (exact) mass is 262 g/mol. The van der Waals surface area contributed by atoms with Crippen molar-refractivity contribution in [3.05, 3.63) is 24.3 Å². The Morgan fingerprint density at radius 1 is 1.53 bits per heavy atom. The lowest BCUT2D eigenvalue weighted by Gasteiger charge is -2.18. The normalized spacial score (nSPS) is 9.26. The first-order valence-corrected chi connectivity index (χ1v) is 5.42. The van der Waals surface area contributed by atoms with Gasteiger partial charge in [-0.3, -0.25) is 4.79 Å². The summed E-state index contributed by atoms with van der Waals surface area (Å²) < 4.78 is 5.02. The molecule has 0 saturated heterocycles. The van der Waals surface area contributed by atoms with Crippen LogP contribution in [0.4, 0.5) is 10.5 Å². The summed E-state index contributed by atoms with van der Waals surface area (Å²) in [6.07, 6.45) is 5.10. The number of carbonyl (C=O) groups excluding carboxylic acids is 1. The van der Waals surface area contributed by atoms with E-state index in [2.05, 4.69) is 11.2 Å². The molecule has 0 aliphatic carbocycles. The van der Waals surface area contributed by atoms with Crippen LogP contribution in [0.2, 0.25) is 0 Å². The van der Waals surface area contributed by atoms with Crippen molar-refractivity contribution in [1.82, 2.24) is 4.90 Å². The number of nitrogens with zero attached hydrogens (tertiary/aromatic N) is 1. The number of benzene rings is 1. The Kier molecular flexibility index (Phi) is 5.23. The zero-order chi connectivity index (χ0) is 14.3. The summed E-state index contributed by atoms with van der Waals surface area (Å²) in [6, 6.07) is 6.14. The number of anilines is 1. The minimum Gasteiger partial charge on any atom is -0.497 e. The molecule has 1 aromatic carbocycles. The molecule has 0 atom stereocenters. The van der Waals surface area contributed by atoms with Crippen molar-refractivity contribution in [2.45, 2.75) is 0 Å². The number of aliphatic carboxylic acids is 1. The van der Waals surface area contributed by atoms with E-state index < -0.39 is 18.5 Å². The highest BCUT2D eigenvalue weighted by molar-refractivity contribution is 5.91. The highest BCUT2D eigenvalue weighted by Gasteiger charge is 2.15. The summed E-state index contributed by atoms with van der Waals surface area (Å²) in [4.78, 5) is 23.5. The van der Waals surface area contributed by atoms with E-state index in [0.29, 0.717) is 11.4 Å². The predicted octanol–water partition coefficient (Wildman–Crippen LogP) is 1.25. The van der Waals surface area contributed by atoms with Crippen molar-refractivity contribution in [3.63, 3.8) is 0 Å². The fraction of sp³-hybridized carbons (Fsp3) is 0.231. The average Bonchev–Trinajstić information content (AvgIpc) is 2.38. The maximum absolute atomic E-state index is 11.9. The number of ether oxygens (including phenoxy) is 1. The highest BCUT2D eigenvalue weighted by Crippen LogP contribution is 2.16. The maximum atomic E-state index is 11.9. The molecular weight excluding hydrogens is 248 g/mol. The molecule has 1 aromatic rings. The van der Waals surface area contributed by atoms with Crippen LogP contribution < -0.4 is 10.1 Å². The lowest BCUT2D eigenvalue weighted by Crippen LogP contribution is -2.39. The van der Waals surface area contributed by atoms with Crippen LogP contribution in [0, 0.1) is 12.3 Å². The van der Waals surface area contributed by atoms with E-state index in [1.54, 1.807) is 24.3 Å². The van der Waals surface area contributed by atoms with E-state index >= 15 is 0 Å². The molecule has 0 aromatic heterocycles. The zero-order valence-corrected chi connectivity index (χ0v) is 10.4. The van der Waals surface area contributed by atoms with Gasteiger partial charge in [-0.2, -0.15) is 0 Å². The van der Waals surface area contributed by atoms with E-state index in [0.717, 1.165) is 4.90 Å². The Bertz CT molecular complexity index is 508. The van der Waals surface area contributed by atoms with Gasteiger partial charge in [0.15, 0.2) is 0 Å². The molecule has 0 radical (unpaired) electrons. The Labute approximate surface area is 111 Å². The number of carboxylic acids is 1. The molecule has 0 aliphatic heterocycles. The standard InChI is InChI=1S/C13H14N2O4/c1-3-7-15(9-12(16)17)13(18)14-10-5-4-6-11(8-10)19-2/h1,4-6,8H,7,9H2,2H3,(H,14,18)(H,16,17). The van der Waals surface area contributed by atoms with Gasteiger partial charge < -0.3 is 20.1 Å². The van der Waals surface area contributed by atoms with Crippen LogP contribution in [0.1, 0.15) is 0 Å². The molecule has 0 bridgehead atoms. The van der Waals surface area contributed by atoms with E-state index in [1.165, 1.54) is 7.11 Å². The first-order chi connectivity index (χ1) is 9.06. The van der Waals surface area contributed by atoms with Gasteiger partial charge in [0, 0.05) is 11.8 Å². The first-order valence-electron chi connectivity index (χ1n) is 5.42. The van der Waals surface area contributed by atoms with Gasteiger partial charge in [0.25, 0.3) is 0 Å². The molecule has 1 rings (SSSR count). The molecule has 0 saturated carbocycles. The summed E-state index contributed by atoms with van der Waals surface area (Å²) in [7, 11) is 1.51.